The van der Waals surface area contributed by atoms with E-state index in [4.69, 9.17) is 16.3 Å². The molecule has 0 unspecified atom stereocenters. The molecule has 0 aliphatic heterocycles. The van der Waals surface area contributed by atoms with Crippen molar-refractivity contribution in [1.82, 2.24) is 4.98 Å². The average Bonchev–Trinajstić information content (AvgIpc) is 2.77. The Kier molecular flexibility index (Phi) is 4.39. The van der Waals surface area contributed by atoms with E-state index >= 15 is 0 Å². The van der Waals surface area contributed by atoms with Gasteiger partial charge in [0, 0.05) is 10.9 Å². The van der Waals surface area contributed by atoms with Crippen molar-refractivity contribution in [2.75, 3.05) is 6.61 Å². The molecule has 2 aromatic rings. The Balaban J connectivity index is 2.18. The fourth-order valence-electron chi connectivity index (χ4n) is 1.55. The highest BCUT2D eigenvalue weighted by atomic mass is 35.5. The van der Waals surface area contributed by atoms with Crippen molar-refractivity contribution in [3.8, 4) is 16.3 Å². The van der Waals surface area contributed by atoms with Crippen LogP contribution in [0.5, 0.6) is 5.75 Å². The first-order chi connectivity index (χ1) is 9.10. The van der Waals surface area contributed by atoms with Crippen LogP contribution >= 0.6 is 22.9 Å². The summed E-state index contributed by atoms with van der Waals surface area (Å²) in [7, 11) is 0. The molecule has 1 aromatic carbocycles. The highest BCUT2D eigenvalue weighted by molar-refractivity contribution is 7.13. The Labute approximate surface area is 119 Å². The van der Waals surface area contributed by atoms with Gasteiger partial charge in [0.1, 0.15) is 10.8 Å². The van der Waals surface area contributed by atoms with Crippen LogP contribution in [0.3, 0.4) is 0 Å². The van der Waals surface area contributed by atoms with Gasteiger partial charge < -0.3 is 9.84 Å². The number of carbonyl (C=O) groups is 1. The number of hydrogen-bond donors (Lipinski definition) is 1. The molecule has 100 valence electrons. The summed E-state index contributed by atoms with van der Waals surface area (Å²) in [6.07, 6.45) is 0.153. The van der Waals surface area contributed by atoms with Gasteiger partial charge in [-0.1, -0.05) is 11.6 Å². The lowest BCUT2D eigenvalue weighted by molar-refractivity contribution is -0.142. The minimum absolute atomic E-state index is 0.108. The fourth-order valence-corrected chi connectivity index (χ4v) is 2.73. The number of rotatable bonds is 4. The summed E-state index contributed by atoms with van der Waals surface area (Å²) in [5.41, 5.74) is 1.39. The van der Waals surface area contributed by atoms with Crippen molar-refractivity contribution >= 4 is 28.9 Å². The van der Waals surface area contributed by atoms with Crippen molar-refractivity contribution in [2.24, 2.45) is 0 Å². The number of benzene rings is 1. The van der Waals surface area contributed by atoms with Crippen LogP contribution in [0.15, 0.2) is 23.6 Å². The summed E-state index contributed by atoms with van der Waals surface area (Å²) in [6.45, 7) is 2.13. The molecule has 2 rings (SSSR count). The predicted octanol–water partition coefficient (Wildman–Crippen LogP) is 3.27. The minimum Gasteiger partial charge on any atom is -0.508 e. The van der Waals surface area contributed by atoms with Crippen molar-refractivity contribution in [3.05, 3.63) is 34.3 Å². The fraction of sp³-hybridized carbons (Fsp3) is 0.231. The quantitative estimate of drug-likeness (QED) is 0.880. The van der Waals surface area contributed by atoms with Crippen LogP contribution < -0.4 is 0 Å². The summed E-state index contributed by atoms with van der Waals surface area (Å²) in [5, 5.41) is 12.2. The van der Waals surface area contributed by atoms with Gasteiger partial charge in [0.25, 0.3) is 0 Å². The first kappa shape index (κ1) is 13.8. The van der Waals surface area contributed by atoms with Crippen LogP contribution in [0, 0.1) is 0 Å². The largest absolute Gasteiger partial charge is 0.508 e. The number of ether oxygens (including phenoxy) is 1. The van der Waals surface area contributed by atoms with Gasteiger partial charge in [0.2, 0.25) is 0 Å². The molecule has 0 aliphatic carbocycles. The SMILES string of the molecule is CCOC(=O)Cc1csc(-c2ccc(O)cc2Cl)n1. The second kappa shape index (κ2) is 6.04. The molecule has 0 fully saturated rings. The number of hydrogen-bond acceptors (Lipinski definition) is 5. The molecule has 0 bridgehead atoms. The molecular formula is C13H12ClNO3S. The summed E-state index contributed by atoms with van der Waals surface area (Å²) >= 11 is 7.44. The maximum absolute atomic E-state index is 11.4. The zero-order valence-electron chi connectivity index (χ0n) is 10.2. The van der Waals surface area contributed by atoms with Crippen molar-refractivity contribution in [1.29, 1.82) is 0 Å². The zero-order valence-corrected chi connectivity index (χ0v) is 11.8. The van der Waals surface area contributed by atoms with E-state index in [2.05, 4.69) is 4.98 Å². The summed E-state index contributed by atoms with van der Waals surface area (Å²) in [6, 6.07) is 4.71. The lowest BCUT2D eigenvalue weighted by atomic mass is 10.2. The molecule has 0 spiro atoms. The molecule has 0 saturated heterocycles. The molecule has 4 nitrogen and oxygen atoms in total. The number of aromatic nitrogens is 1. The van der Waals surface area contributed by atoms with E-state index in [0.717, 1.165) is 5.56 Å². The number of aromatic hydroxyl groups is 1. The average molecular weight is 298 g/mol. The molecule has 6 heteroatoms. The molecule has 19 heavy (non-hydrogen) atoms. The Morgan fingerprint density at radius 1 is 1.53 bits per heavy atom. The van der Waals surface area contributed by atoms with Gasteiger partial charge in [-0.25, -0.2) is 4.98 Å². The Morgan fingerprint density at radius 2 is 2.32 bits per heavy atom. The van der Waals surface area contributed by atoms with Crippen molar-refractivity contribution in [2.45, 2.75) is 13.3 Å². The molecule has 0 aliphatic rings. The van der Waals surface area contributed by atoms with E-state index in [9.17, 15) is 9.90 Å². The topological polar surface area (TPSA) is 59.4 Å². The van der Waals surface area contributed by atoms with Gasteiger partial charge in [-0.05, 0) is 25.1 Å². The van der Waals surface area contributed by atoms with Crippen LogP contribution in [0.1, 0.15) is 12.6 Å². The van der Waals surface area contributed by atoms with Gasteiger partial charge >= 0.3 is 5.97 Å². The van der Waals surface area contributed by atoms with E-state index in [0.29, 0.717) is 22.3 Å². The smallest absolute Gasteiger partial charge is 0.311 e. The van der Waals surface area contributed by atoms with Crippen LogP contribution in [0.25, 0.3) is 10.6 Å². The van der Waals surface area contributed by atoms with Gasteiger partial charge in [-0.2, -0.15) is 0 Å². The van der Waals surface area contributed by atoms with E-state index in [1.807, 2.05) is 0 Å². The van der Waals surface area contributed by atoms with Gasteiger partial charge in [-0.15, -0.1) is 11.3 Å². The third-order valence-electron chi connectivity index (χ3n) is 2.37. The Hall–Kier alpha value is -1.59. The van der Waals surface area contributed by atoms with Gasteiger partial charge in [0.15, 0.2) is 0 Å². The van der Waals surface area contributed by atoms with Gasteiger partial charge in [0.05, 0.1) is 23.7 Å². The molecule has 0 atom stereocenters. The van der Waals surface area contributed by atoms with E-state index in [1.165, 1.54) is 17.4 Å². The van der Waals surface area contributed by atoms with Crippen LogP contribution in [0.2, 0.25) is 5.02 Å². The standard InChI is InChI=1S/C13H12ClNO3S/c1-2-18-12(17)5-8-7-19-13(15-8)10-4-3-9(16)6-11(10)14/h3-4,6-7,16H,2,5H2,1H3. The first-order valence-corrected chi connectivity index (χ1v) is 6.95. The number of phenols is 1. The summed E-state index contributed by atoms with van der Waals surface area (Å²) in [4.78, 5) is 15.7. The number of esters is 1. The molecule has 0 radical (unpaired) electrons. The third kappa shape index (κ3) is 3.45. The third-order valence-corrected chi connectivity index (χ3v) is 3.60. The summed E-state index contributed by atoms with van der Waals surface area (Å²) in [5.74, 6) is -0.187. The second-order valence-corrected chi connectivity index (χ2v) is 5.06. The Morgan fingerprint density at radius 3 is 3.00 bits per heavy atom. The van der Waals surface area contributed by atoms with Crippen LogP contribution in [0.4, 0.5) is 0 Å². The van der Waals surface area contributed by atoms with Crippen molar-refractivity contribution < 1.29 is 14.6 Å². The van der Waals surface area contributed by atoms with Crippen LogP contribution in [-0.4, -0.2) is 22.7 Å². The summed E-state index contributed by atoms with van der Waals surface area (Å²) < 4.78 is 4.87. The minimum atomic E-state index is -0.295. The molecular weight excluding hydrogens is 286 g/mol. The highest BCUT2D eigenvalue weighted by Gasteiger charge is 2.12. The number of nitrogens with zero attached hydrogens (tertiary/aromatic N) is 1. The lowest BCUT2D eigenvalue weighted by Gasteiger charge is -2.01. The molecule has 1 N–H and O–H groups in total. The number of halogens is 1. The van der Waals surface area contributed by atoms with E-state index in [-0.39, 0.29) is 18.1 Å². The monoisotopic (exact) mass is 297 g/mol. The maximum Gasteiger partial charge on any atom is 0.311 e. The molecule has 0 saturated carbocycles. The molecule has 1 heterocycles. The normalized spacial score (nSPS) is 10.4. The van der Waals surface area contributed by atoms with E-state index in [1.54, 1.807) is 24.4 Å². The molecule has 1 aromatic heterocycles. The first-order valence-electron chi connectivity index (χ1n) is 5.69. The predicted molar refractivity (Wildman–Crippen MR) is 74.6 cm³/mol. The van der Waals surface area contributed by atoms with Crippen molar-refractivity contribution in [3.63, 3.8) is 0 Å². The Bertz CT molecular complexity index is 597. The number of thiazole rings is 1. The lowest BCUT2D eigenvalue weighted by Crippen LogP contribution is -2.07. The van der Waals surface area contributed by atoms with E-state index < -0.39 is 0 Å². The maximum atomic E-state index is 11.4. The second-order valence-electron chi connectivity index (χ2n) is 3.79. The molecule has 0 amide bonds. The number of phenolic OH excluding ortho intramolecular Hbond substituents is 1. The highest BCUT2D eigenvalue weighted by Crippen LogP contribution is 2.32. The zero-order chi connectivity index (χ0) is 13.8. The van der Waals surface area contributed by atoms with Crippen LogP contribution in [-0.2, 0) is 16.0 Å². The van der Waals surface area contributed by atoms with Gasteiger partial charge in [-0.3, -0.25) is 4.79 Å². The number of carbonyl (C=O) groups excluding carboxylic acids is 1.